The van der Waals surface area contributed by atoms with E-state index < -0.39 is 24.7 Å². The van der Waals surface area contributed by atoms with Crippen LogP contribution >= 0.6 is 0 Å². The van der Waals surface area contributed by atoms with E-state index in [-0.39, 0.29) is 12.0 Å². The van der Waals surface area contributed by atoms with E-state index in [9.17, 15) is 22.8 Å². The van der Waals surface area contributed by atoms with Crippen LogP contribution in [-0.2, 0) is 14.3 Å². The maximum atomic E-state index is 12.3. The van der Waals surface area contributed by atoms with Crippen molar-refractivity contribution >= 4 is 11.9 Å². The largest absolute Gasteiger partial charge is 0.449 e. The van der Waals surface area contributed by atoms with E-state index in [2.05, 4.69) is 4.74 Å². The minimum atomic E-state index is -4.65. The zero-order valence-electron chi connectivity index (χ0n) is 13.6. The number of ether oxygens (including phenoxy) is 1. The lowest BCUT2D eigenvalue weighted by atomic mass is 9.89. The maximum Gasteiger partial charge on any atom is 0.422 e. The van der Waals surface area contributed by atoms with Crippen LogP contribution in [0.2, 0.25) is 0 Å². The SMILES string of the molecule is Cc1ccc([C@H]2CC[C@H](C)CN2C(=O)C(=O)OCC(F)(F)F)cc1. The van der Waals surface area contributed by atoms with E-state index in [0.29, 0.717) is 13.0 Å². The number of likely N-dealkylation sites (tertiary alicyclic amines) is 1. The third kappa shape index (κ3) is 4.72. The molecule has 0 aromatic heterocycles. The van der Waals surface area contributed by atoms with Crippen LogP contribution in [0.1, 0.15) is 36.9 Å². The van der Waals surface area contributed by atoms with Gasteiger partial charge in [-0.1, -0.05) is 36.8 Å². The fourth-order valence-electron chi connectivity index (χ4n) is 2.84. The van der Waals surface area contributed by atoms with Gasteiger partial charge in [-0.3, -0.25) is 4.79 Å². The molecule has 24 heavy (non-hydrogen) atoms. The van der Waals surface area contributed by atoms with E-state index >= 15 is 0 Å². The van der Waals surface area contributed by atoms with Crippen LogP contribution in [0.25, 0.3) is 0 Å². The zero-order chi connectivity index (χ0) is 17.9. The molecule has 2 rings (SSSR count). The molecule has 1 amide bonds. The van der Waals surface area contributed by atoms with Gasteiger partial charge in [0.05, 0.1) is 6.04 Å². The number of rotatable bonds is 2. The topological polar surface area (TPSA) is 46.6 Å². The summed E-state index contributed by atoms with van der Waals surface area (Å²) < 4.78 is 40.6. The Morgan fingerprint density at radius 2 is 1.83 bits per heavy atom. The van der Waals surface area contributed by atoms with Gasteiger partial charge in [0, 0.05) is 6.54 Å². The Morgan fingerprint density at radius 1 is 1.21 bits per heavy atom. The molecule has 0 unspecified atom stereocenters. The van der Waals surface area contributed by atoms with Gasteiger partial charge < -0.3 is 9.64 Å². The van der Waals surface area contributed by atoms with E-state index in [1.165, 1.54) is 4.90 Å². The van der Waals surface area contributed by atoms with Gasteiger partial charge in [-0.05, 0) is 31.2 Å². The second kappa shape index (κ2) is 7.23. The molecule has 1 aliphatic rings. The second-order valence-electron chi connectivity index (χ2n) is 6.26. The van der Waals surface area contributed by atoms with Crippen LogP contribution < -0.4 is 0 Å². The van der Waals surface area contributed by atoms with Crippen LogP contribution in [0.15, 0.2) is 24.3 Å². The number of amides is 1. The molecule has 1 fully saturated rings. The predicted molar refractivity (Wildman–Crippen MR) is 81.0 cm³/mol. The molecule has 0 spiro atoms. The van der Waals surface area contributed by atoms with Gasteiger partial charge >= 0.3 is 18.1 Å². The van der Waals surface area contributed by atoms with Gasteiger partial charge in [-0.25, -0.2) is 4.79 Å². The highest BCUT2D eigenvalue weighted by Crippen LogP contribution is 2.33. The monoisotopic (exact) mass is 343 g/mol. The average Bonchev–Trinajstić information content (AvgIpc) is 2.52. The molecule has 1 saturated heterocycles. The lowest BCUT2D eigenvalue weighted by Crippen LogP contribution is -2.45. The number of piperidine rings is 1. The van der Waals surface area contributed by atoms with Crippen LogP contribution in [-0.4, -0.2) is 36.1 Å². The van der Waals surface area contributed by atoms with Crippen molar-refractivity contribution in [3.63, 3.8) is 0 Å². The Bertz CT molecular complexity index is 598. The van der Waals surface area contributed by atoms with Crippen molar-refractivity contribution in [2.24, 2.45) is 5.92 Å². The minimum absolute atomic E-state index is 0.172. The van der Waals surface area contributed by atoms with Crippen LogP contribution in [0.3, 0.4) is 0 Å². The molecule has 0 N–H and O–H groups in total. The van der Waals surface area contributed by atoms with Gasteiger partial charge in [-0.2, -0.15) is 13.2 Å². The van der Waals surface area contributed by atoms with Crippen molar-refractivity contribution < 1.29 is 27.5 Å². The van der Waals surface area contributed by atoms with Crippen molar-refractivity contribution in [3.05, 3.63) is 35.4 Å². The molecule has 1 heterocycles. The maximum absolute atomic E-state index is 12.3. The second-order valence-corrected chi connectivity index (χ2v) is 6.26. The van der Waals surface area contributed by atoms with E-state index in [4.69, 9.17) is 0 Å². The van der Waals surface area contributed by atoms with Crippen molar-refractivity contribution in [3.8, 4) is 0 Å². The summed E-state index contributed by atoms with van der Waals surface area (Å²) >= 11 is 0. The van der Waals surface area contributed by atoms with Crippen LogP contribution in [0.4, 0.5) is 13.2 Å². The number of alkyl halides is 3. The molecule has 1 aromatic carbocycles. The molecule has 0 aliphatic carbocycles. The number of benzene rings is 1. The van der Waals surface area contributed by atoms with Crippen LogP contribution in [0.5, 0.6) is 0 Å². The fourth-order valence-corrected chi connectivity index (χ4v) is 2.84. The number of esters is 1. The number of carbonyl (C=O) groups is 2. The summed E-state index contributed by atoms with van der Waals surface area (Å²) in [4.78, 5) is 25.3. The zero-order valence-corrected chi connectivity index (χ0v) is 13.6. The highest BCUT2D eigenvalue weighted by Gasteiger charge is 2.37. The summed E-state index contributed by atoms with van der Waals surface area (Å²) in [6.45, 7) is 2.44. The molecule has 2 atom stereocenters. The first-order chi connectivity index (χ1) is 11.2. The average molecular weight is 343 g/mol. The molecule has 1 aliphatic heterocycles. The first-order valence-corrected chi connectivity index (χ1v) is 7.78. The minimum Gasteiger partial charge on any atom is -0.449 e. The highest BCUT2D eigenvalue weighted by atomic mass is 19.4. The Kier molecular flexibility index (Phi) is 5.51. The smallest absolute Gasteiger partial charge is 0.422 e. The quantitative estimate of drug-likeness (QED) is 0.611. The summed E-state index contributed by atoms with van der Waals surface area (Å²) in [7, 11) is 0. The van der Waals surface area contributed by atoms with Crippen molar-refractivity contribution in [2.45, 2.75) is 38.9 Å². The van der Waals surface area contributed by atoms with Gasteiger partial charge in [0.25, 0.3) is 0 Å². The van der Waals surface area contributed by atoms with Crippen LogP contribution in [0, 0.1) is 12.8 Å². The number of carbonyl (C=O) groups excluding carboxylic acids is 2. The van der Waals surface area contributed by atoms with Gasteiger partial charge in [0.1, 0.15) is 0 Å². The summed E-state index contributed by atoms with van der Waals surface area (Å²) in [5.74, 6) is -2.30. The lowest BCUT2D eigenvalue weighted by Gasteiger charge is -2.38. The van der Waals surface area contributed by atoms with Crippen molar-refractivity contribution in [2.75, 3.05) is 13.2 Å². The summed E-state index contributed by atoms with van der Waals surface area (Å²) in [6, 6.07) is 7.22. The van der Waals surface area contributed by atoms with Gasteiger partial charge in [0.2, 0.25) is 0 Å². The van der Waals surface area contributed by atoms with Gasteiger partial charge in [0.15, 0.2) is 6.61 Å². The van der Waals surface area contributed by atoms with Crippen molar-refractivity contribution in [1.82, 2.24) is 4.90 Å². The normalized spacial score (nSPS) is 21.5. The molecule has 0 saturated carbocycles. The molecule has 0 radical (unpaired) electrons. The highest BCUT2D eigenvalue weighted by molar-refractivity contribution is 6.32. The van der Waals surface area contributed by atoms with E-state index in [0.717, 1.165) is 17.5 Å². The third-order valence-corrected chi connectivity index (χ3v) is 4.08. The molecule has 1 aromatic rings. The molecular weight excluding hydrogens is 323 g/mol. The van der Waals surface area contributed by atoms with Gasteiger partial charge in [-0.15, -0.1) is 0 Å². The first kappa shape index (κ1) is 18.3. The Hall–Kier alpha value is -2.05. The number of hydrogen-bond donors (Lipinski definition) is 0. The van der Waals surface area contributed by atoms with E-state index in [1.807, 2.05) is 38.1 Å². The predicted octanol–water partition coefficient (Wildman–Crippen LogP) is 3.40. The first-order valence-electron chi connectivity index (χ1n) is 7.78. The molecule has 132 valence electrons. The summed E-state index contributed by atoms with van der Waals surface area (Å²) in [5, 5.41) is 0. The number of halogens is 3. The summed E-state index contributed by atoms with van der Waals surface area (Å²) in [6.07, 6.45) is -3.12. The third-order valence-electron chi connectivity index (χ3n) is 4.08. The Balaban J connectivity index is 2.14. The Labute approximate surface area is 138 Å². The molecular formula is C17H20F3NO3. The standard InChI is InChI=1S/C17H20F3NO3/c1-11-3-6-13(7-4-11)14-8-5-12(2)9-21(14)15(22)16(23)24-10-17(18,19)20/h3-4,6-7,12,14H,5,8-10H2,1-2H3/t12-,14+/m0/s1. The molecule has 4 nitrogen and oxygen atoms in total. The molecule has 7 heteroatoms. The molecule has 0 bridgehead atoms. The number of nitrogens with zero attached hydrogens (tertiary/aromatic N) is 1. The summed E-state index contributed by atoms with van der Waals surface area (Å²) in [5.41, 5.74) is 1.93. The number of aryl methyl sites for hydroxylation is 1. The van der Waals surface area contributed by atoms with Crippen molar-refractivity contribution in [1.29, 1.82) is 0 Å². The fraction of sp³-hybridized carbons (Fsp3) is 0.529. The number of hydrogen-bond acceptors (Lipinski definition) is 3. The van der Waals surface area contributed by atoms with E-state index in [1.54, 1.807) is 0 Å². The Morgan fingerprint density at radius 3 is 2.42 bits per heavy atom. The lowest BCUT2D eigenvalue weighted by molar-refractivity contribution is -0.190.